The lowest BCUT2D eigenvalue weighted by atomic mass is 9.96. The van der Waals surface area contributed by atoms with Crippen molar-refractivity contribution in [3.05, 3.63) is 64.1 Å². The Hall–Kier alpha value is -2.89. The minimum Gasteiger partial charge on any atom is -0.328 e. The number of pyridine rings is 1. The number of carbonyl (C=O) groups is 2. The molecule has 6 heteroatoms. The maximum absolute atomic E-state index is 13.1. The first-order chi connectivity index (χ1) is 12.0. The summed E-state index contributed by atoms with van der Waals surface area (Å²) in [5, 5.41) is 2.94. The van der Waals surface area contributed by atoms with Gasteiger partial charge in [0.2, 0.25) is 11.5 Å². The summed E-state index contributed by atoms with van der Waals surface area (Å²) in [4.78, 5) is 41.3. The number of fused-ring (bicyclic) bond motifs is 1. The SMILES string of the molecule is CC[C@H](C)[C@H]1C(=O)Nc2ccccc2CN1C(=O)c1ccc(=O)[nH]c1. The average Bonchev–Trinajstić information content (AvgIpc) is 2.76. The van der Waals surface area contributed by atoms with Crippen LogP contribution in [0.25, 0.3) is 0 Å². The standard InChI is InChI=1S/C19H21N3O3/c1-3-12(2)17-18(24)21-15-7-5-4-6-14(15)11-22(17)19(25)13-8-9-16(23)20-10-13/h4-10,12,17H,3,11H2,1-2H3,(H,20,23)(H,21,24)/t12-,17-/m0/s1. The maximum atomic E-state index is 13.1. The van der Waals surface area contributed by atoms with E-state index in [9.17, 15) is 14.4 Å². The minimum absolute atomic E-state index is 0.000948. The average molecular weight is 339 g/mol. The zero-order chi connectivity index (χ0) is 18.0. The molecule has 0 bridgehead atoms. The highest BCUT2D eigenvalue weighted by Crippen LogP contribution is 2.28. The Balaban J connectivity index is 2.04. The highest BCUT2D eigenvalue weighted by molar-refractivity contribution is 6.02. The van der Waals surface area contributed by atoms with Crippen molar-refractivity contribution < 1.29 is 9.59 Å². The van der Waals surface area contributed by atoms with Crippen LogP contribution in [0.1, 0.15) is 36.2 Å². The molecule has 0 saturated carbocycles. The molecule has 2 amide bonds. The van der Waals surface area contributed by atoms with E-state index in [0.29, 0.717) is 12.1 Å². The summed E-state index contributed by atoms with van der Waals surface area (Å²) in [7, 11) is 0. The Kier molecular flexibility index (Phi) is 4.70. The molecule has 6 nitrogen and oxygen atoms in total. The van der Waals surface area contributed by atoms with Crippen LogP contribution in [0.5, 0.6) is 0 Å². The van der Waals surface area contributed by atoms with Gasteiger partial charge in [0.1, 0.15) is 6.04 Å². The first-order valence-electron chi connectivity index (χ1n) is 8.39. The van der Waals surface area contributed by atoms with Gasteiger partial charge in [0, 0.05) is 24.5 Å². The number of anilines is 1. The van der Waals surface area contributed by atoms with Crippen molar-refractivity contribution in [3.63, 3.8) is 0 Å². The molecule has 0 unspecified atom stereocenters. The van der Waals surface area contributed by atoms with Crippen molar-refractivity contribution in [1.82, 2.24) is 9.88 Å². The second-order valence-electron chi connectivity index (χ2n) is 6.35. The lowest BCUT2D eigenvalue weighted by Crippen LogP contribution is -2.49. The third-order valence-corrected chi connectivity index (χ3v) is 4.70. The predicted molar refractivity (Wildman–Crippen MR) is 95.3 cm³/mol. The normalized spacial score (nSPS) is 18.1. The Morgan fingerprint density at radius 3 is 2.68 bits per heavy atom. The Morgan fingerprint density at radius 2 is 2.00 bits per heavy atom. The van der Waals surface area contributed by atoms with Crippen molar-refractivity contribution >= 4 is 17.5 Å². The molecule has 1 aromatic heterocycles. The molecule has 0 saturated heterocycles. The van der Waals surface area contributed by atoms with E-state index in [1.54, 1.807) is 4.90 Å². The van der Waals surface area contributed by atoms with Crippen molar-refractivity contribution in [2.24, 2.45) is 5.92 Å². The topological polar surface area (TPSA) is 82.3 Å². The molecule has 0 aliphatic carbocycles. The molecule has 1 aliphatic rings. The van der Waals surface area contributed by atoms with E-state index in [1.807, 2.05) is 38.1 Å². The molecule has 2 aromatic rings. The highest BCUT2D eigenvalue weighted by atomic mass is 16.2. The van der Waals surface area contributed by atoms with Crippen LogP contribution in [0.3, 0.4) is 0 Å². The van der Waals surface area contributed by atoms with Gasteiger partial charge in [-0.25, -0.2) is 0 Å². The summed E-state index contributed by atoms with van der Waals surface area (Å²) in [5.74, 6) is -0.452. The van der Waals surface area contributed by atoms with Crippen LogP contribution < -0.4 is 10.9 Å². The van der Waals surface area contributed by atoms with Crippen molar-refractivity contribution in [1.29, 1.82) is 0 Å². The molecule has 0 radical (unpaired) electrons. The Bertz CT molecular complexity index is 838. The second kappa shape index (κ2) is 6.93. The monoisotopic (exact) mass is 339 g/mol. The molecular formula is C19H21N3O3. The number of carbonyl (C=O) groups excluding carboxylic acids is 2. The van der Waals surface area contributed by atoms with Crippen LogP contribution >= 0.6 is 0 Å². The van der Waals surface area contributed by atoms with E-state index in [1.165, 1.54) is 18.3 Å². The van der Waals surface area contributed by atoms with Gasteiger partial charge in [-0.1, -0.05) is 38.5 Å². The molecule has 2 heterocycles. The maximum Gasteiger partial charge on any atom is 0.256 e. The van der Waals surface area contributed by atoms with Crippen LogP contribution in [0.15, 0.2) is 47.4 Å². The zero-order valence-electron chi connectivity index (χ0n) is 14.3. The number of aromatic amines is 1. The first kappa shape index (κ1) is 17.0. The van der Waals surface area contributed by atoms with E-state index >= 15 is 0 Å². The first-order valence-corrected chi connectivity index (χ1v) is 8.39. The molecule has 0 fully saturated rings. The number of para-hydroxylation sites is 1. The van der Waals surface area contributed by atoms with Gasteiger partial charge in [0.25, 0.3) is 5.91 Å². The largest absolute Gasteiger partial charge is 0.328 e. The van der Waals surface area contributed by atoms with Crippen LogP contribution in [-0.4, -0.2) is 27.7 Å². The van der Waals surface area contributed by atoms with Gasteiger partial charge >= 0.3 is 0 Å². The lowest BCUT2D eigenvalue weighted by molar-refractivity contribution is -0.122. The number of rotatable bonds is 3. The number of hydrogen-bond donors (Lipinski definition) is 2. The van der Waals surface area contributed by atoms with Gasteiger partial charge < -0.3 is 15.2 Å². The van der Waals surface area contributed by atoms with E-state index in [-0.39, 0.29) is 23.3 Å². The Morgan fingerprint density at radius 1 is 1.24 bits per heavy atom. The number of amides is 2. The number of nitrogens with one attached hydrogen (secondary N) is 2. The van der Waals surface area contributed by atoms with Crippen molar-refractivity contribution in [2.75, 3.05) is 5.32 Å². The van der Waals surface area contributed by atoms with Crippen molar-refractivity contribution in [3.8, 4) is 0 Å². The fourth-order valence-corrected chi connectivity index (χ4v) is 3.11. The molecule has 25 heavy (non-hydrogen) atoms. The highest BCUT2D eigenvalue weighted by Gasteiger charge is 2.36. The predicted octanol–water partition coefficient (Wildman–Crippen LogP) is 2.38. The summed E-state index contributed by atoms with van der Waals surface area (Å²) in [6.07, 6.45) is 2.16. The minimum atomic E-state index is -0.572. The van der Waals surface area contributed by atoms with Gasteiger partial charge in [0.15, 0.2) is 0 Å². The molecule has 2 atom stereocenters. The number of H-pyrrole nitrogens is 1. The fraction of sp³-hybridized carbons (Fsp3) is 0.316. The van der Waals surface area contributed by atoms with E-state index in [2.05, 4.69) is 10.3 Å². The third-order valence-electron chi connectivity index (χ3n) is 4.70. The van der Waals surface area contributed by atoms with Crippen molar-refractivity contribution in [2.45, 2.75) is 32.9 Å². The summed E-state index contributed by atoms with van der Waals surface area (Å²) in [6.45, 7) is 4.30. The third kappa shape index (κ3) is 3.33. The molecule has 0 spiro atoms. The number of nitrogens with zero attached hydrogens (tertiary/aromatic N) is 1. The van der Waals surface area contributed by atoms with Gasteiger partial charge in [-0.15, -0.1) is 0 Å². The number of hydrogen-bond acceptors (Lipinski definition) is 3. The molecule has 3 rings (SSSR count). The summed E-state index contributed by atoms with van der Waals surface area (Å²) >= 11 is 0. The lowest BCUT2D eigenvalue weighted by Gasteiger charge is -2.32. The van der Waals surface area contributed by atoms with E-state index < -0.39 is 6.04 Å². The van der Waals surface area contributed by atoms with Crippen LogP contribution in [0.4, 0.5) is 5.69 Å². The summed E-state index contributed by atoms with van der Waals surface area (Å²) in [6, 6.07) is 9.72. The second-order valence-corrected chi connectivity index (χ2v) is 6.35. The Labute approximate surface area is 145 Å². The van der Waals surface area contributed by atoms with Crippen LogP contribution in [0.2, 0.25) is 0 Å². The number of aromatic nitrogens is 1. The molecule has 2 N–H and O–H groups in total. The van der Waals surface area contributed by atoms with Crippen LogP contribution in [0, 0.1) is 5.92 Å². The van der Waals surface area contributed by atoms with Gasteiger partial charge in [-0.2, -0.15) is 0 Å². The van der Waals surface area contributed by atoms with Gasteiger partial charge in [-0.05, 0) is 23.6 Å². The molecule has 1 aromatic carbocycles. The zero-order valence-corrected chi connectivity index (χ0v) is 14.3. The van der Waals surface area contributed by atoms with E-state index in [4.69, 9.17) is 0 Å². The number of benzene rings is 1. The van der Waals surface area contributed by atoms with Gasteiger partial charge in [0.05, 0.1) is 5.56 Å². The smallest absolute Gasteiger partial charge is 0.256 e. The molecule has 1 aliphatic heterocycles. The summed E-state index contributed by atoms with van der Waals surface area (Å²) in [5.41, 5.74) is 1.71. The van der Waals surface area contributed by atoms with Gasteiger partial charge in [-0.3, -0.25) is 14.4 Å². The molecular weight excluding hydrogens is 318 g/mol. The quantitative estimate of drug-likeness (QED) is 0.901. The fourth-order valence-electron chi connectivity index (χ4n) is 3.11. The molecule has 130 valence electrons. The summed E-state index contributed by atoms with van der Waals surface area (Å²) < 4.78 is 0. The van der Waals surface area contributed by atoms with Crippen LogP contribution in [-0.2, 0) is 11.3 Å². The van der Waals surface area contributed by atoms with E-state index in [0.717, 1.165) is 17.7 Å².